The minimum absolute atomic E-state index is 0.486. The topological polar surface area (TPSA) is 65.8 Å². The number of rotatable bonds is 3. The van der Waals surface area contributed by atoms with Crippen molar-refractivity contribution in [1.82, 2.24) is 0 Å². The van der Waals surface area contributed by atoms with E-state index in [0.29, 0.717) is 24.3 Å². The molecule has 0 saturated carbocycles. The summed E-state index contributed by atoms with van der Waals surface area (Å²) in [5.41, 5.74) is 6.07. The molecule has 4 nitrogen and oxygen atoms in total. The van der Waals surface area contributed by atoms with Crippen molar-refractivity contribution in [3.8, 4) is 0 Å². The minimum Gasteiger partial charge on any atom is -0.287 e. The first-order chi connectivity index (χ1) is 8.18. The number of azide groups is 1. The Morgan fingerprint density at radius 1 is 1.11 bits per heavy atom. The Balaban J connectivity index is 3.07. The van der Waals surface area contributed by atoms with E-state index in [0.717, 1.165) is 0 Å². The lowest BCUT2D eigenvalue weighted by molar-refractivity contribution is -0.137. The normalized spacial score (nSPS) is 11.8. The van der Waals surface area contributed by atoms with E-state index in [1.54, 1.807) is 4.91 Å². The van der Waals surface area contributed by atoms with Crippen LogP contribution in [0.5, 0.6) is 0 Å². The van der Waals surface area contributed by atoms with Crippen LogP contribution in [0.2, 0.25) is 0 Å². The molecule has 0 N–H and O–H groups in total. The lowest BCUT2D eigenvalue weighted by atomic mass is 10.1. The summed E-state index contributed by atoms with van der Waals surface area (Å²) < 4.78 is 62.2. The fourth-order valence-electron chi connectivity index (χ4n) is 1.09. The molecule has 0 aliphatic rings. The van der Waals surface area contributed by atoms with Gasteiger partial charge in [0.1, 0.15) is 0 Å². The molecule has 0 aliphatic heterocycles. The Hall–Kier alpha value is -2.15. The Bertz CT molecular complexity index is 502. The molecule has 0 bridgehead atoms. The molecule has 1 aromatic rings. The van der Waals surface area contributed by atoms with Crippen LogP contribution in [0.1, 0.15) is 15.9 Å². The highest BCUT2D eigenvalue weighted by atomic mass is 19.4. The monoisotopic (exact) mass is 265 g/mol. The molecule has 18 heavy (non-hydrogen) atoms. The number of alkyl halides is 5. The minimum atomic E-state index is -4.63. The molecule has 0 atom stereocenters. The molecule has 0 heterocycles. The van der Waals surface area contributed by atoms with Crippen molar-refractivity contribution in [2.75, 3.05) is 0 Å². The lowest BCUT2D eigenvalue weighted by Crippen LogP contribution is -2.25. The molecule has 0 aromatic heterocycles. The van der Waals surface area contributed by atoms with Crippen LogP contribution in [-0.4, -0.2) is 11.8 Å². The van der Waals surface area contributed by atoms with Crippen molar-refractivity contribution in [3.63, 3.8) is 0 Å². The molecular formula is C9H4F5N3O. The molecule has 9 heteroatoms. The van der Waals surface area contributed by atoms with Crippen molar-refractivity contribution in [2.45, 2.75) is 12.2 Å². The van der Waals surface area contributed by atoms with Crippen LogP contribution in [0, 0.1) is 0 Å². The van der Waals surface area contributed by atoms with Gasteiger partial charge in [0, 0.05) is 10.5 Å². The van der Waals surface area contributed by atoms with Gasteiger partial charge in [0.15, 0.2) is 0 Å². The van der Waals surface area contributed by atoms with Gasteiger partial charge in [0.05, 0.1) is 5.56 Å². The van der Waals surface area contributed by atoms with Gasteiger partial charge in [-0.3, -0.25) is 4.79 Å². The van der Waals surface area contributed by atoms with Crippen molar-refractivity contribution in [1.29, 1.82) is 0 Å². The molecule has 0 amide bonds. The highest BCUT2D eigenvalue weighted by Crippen LogP contribution is 2.30. The molecule has 96 valence electrons. The predicted molar refractivity (Wildman–Crippen MR) is 49.9 cm³/mol. The maximum absolute atomic E-state index is 12.8. The van der Waals surface area contributed by atoms with Crippen LogP contribution in [0.25, 0.3) is 10.4 Å². The molecule has 0 fully saturated rings. The first-order valence-corrected chi connectivity index (χ1v) is 4.34. The van der Waals surface area contributed by atoms with E-state index in [4.69, 9.17) is 5.53 Å². The summed E-state index contributed by atoms with van der Waals surface area (Å²) >= 11 is 0. The Morgan fingerprint density at radius 3 is 2.00 bits per heavy atom. The van der Waals surface area contributed by atoms with E-state index in [9.17, 15) is 26.7 Å². The molecule has 0 unspecified atom stereocenters. The lowest BCUT2D eigenvalue weighted by Gasteiger charge is -2.10. The first-order valence-electron chi connectivity index (χ1n) is 4.34. The Morgan fingerprint density at radius 2 is 1.61 bits per heavy atom. The zero-order valence-corrected chi connectivity index (χ0v) is 8.45. The quantitative estimate of drug-likeness (QED) is 0.205. The second kappa shape index (κ2) is 4.61. The zero-order chi connectivity index (χ0) is 14.0. The fraction of sp³-hybridized carbons (Fsp3) is 0.222. The zero-order valence-electron chi connectivity index (χ0n) is 8.45. The summed E-state index contributed by atoms with van der Waals surface area (Å²) in [6.45, 7) is 0. The van der Waals surface area contributed by atoms with Crippen molar-refractivity contribution in [3.05, 3.63) is 45.8 Å². The summed E-state index contributed by atoms with van der Waals surface area (Å²) in [6, 6.07) is -2.18. The summed E-state index contributed by atoms with van der Waals surface area (Å²) in [5.74, 6) is -1.87. The third-order valence-electron chi connectivity index (χ3n) is 1.92. The van der Waals surface area contributed by atoms with Crippen LogP contribution in [0.4, 0.5) is 22.0 Å². The number of carbonyl (C=O) groups excluding carboxylic acids is 1. The van der Waals surface area contributed by atoms with Crippen LogP contribution >= 0.6 is 0 Å². The van der Waals surface area contributed by atoms with E-state index < -0.39 is 29.1 Å². The largest absolute Gasteiger partial charge is 0.416 e. The second-order valence-electron chi connectivity index (χ2n) is 3.13. The molecule has 1 aromatic carbocycles. The van der Waals surface area contributed by atoms with E-state index >= 15 is 0 Å². The van der Waals surface area contributed by atoms with Gasteiger partial charge in [0.2, 0.25) is 5.78 Å². The van der Waals surface area contributed by atoms with Gasteiger partial charge in [-0.1, -0.05) is 12.1 Å². The number of Topliss-reactive ketones (excluding diaryl/α,β-unsaturated/α-hetero) is 1. The van der Waals surface area contributed by atoms with Crippen LogP contribution in [-0.2, 0) is 6.18 Å². The molecule has 0 radical (unpaired) electrons. The highest BCUT2D eigenvalue weighted by molar-refractivity contribution is 6.01. The highest BCUT2D eigenvalue weighted by Gasteiger charge is 2.38. The predicted octanol–water partition coefficient (Wildman–Crippen LogP) is 3.79. The number of hydrogen-bond donors (Lipinski definition) is 0. The van der Waals surface area contributed by atoms with E-state index in [1.807, 2.05) is 5.11 Å². The number of ketones is 1. The summed E-state index contributed by atoms with van der Waals surface area (Å²) in [4.78, 5) is 12.9. The van der Waals surface area contributed by atoms with Gasteiger partial charge < -0.3 is 0 Å². The summed E-state index contributed by atoms with van der Waals surface area (Å²) in [7, 11) is 0. The number of hydrogen-bond acceptors (Lipinski definition) is 2. The Kier molecular flexibility index (Phi) is 3.57. The average Bonchev–Trinajstić information content (AvgIpc) is 2.27. The smallest absolute Gasteiger partial charge is 0.287 e. The first kappa shape index (κ1) is 13.9. The third kappa shape index (κ3) is 2.95. The van der Waals surface area contributed by atoms with E-state index in [1.165, 1.54) is 0 Å². The number of halogens is 5. The van der Waals surface area contributed by atoms with Gasteiger partial charge in [-0.25, -0.2) is 0 Å². The van der Waals surface area contributed by atoms with Crippen molar-refractivity contribution >= 4 is 5.78 Å². The molecular weight excluding hydrogens is 261 g/mol. The van der Waals surface area contributed by atoms with Crippen LogP contribution in [0.15, 0.2) is 29.4 Å². The van der Waals surface area contributed by atoms with E-state index in [2.05, 4.69) is 0 Å². The average molecular weight is 265 g/mol. The molecule has 0 aliphatic carbocycles. The Labute approximate surface area is 96.6 Å². The van der Waals surface area contributed by atoms with Crippen LogP contribution in [0.3, 0.4) is 0 Å². The molecule has 1 rings (SSSR count). The molecule has 0 spiro atoms. The van der Waals surface area contributed by atoms with E-state index in [-0.39, 0.29) is 0 Å². The van der Waals surface area contributed by atoms with Gasteiger partial charge >= 0.3 is 12.2 Å². The van der Waals surface area contributed by atoms with Gasteiger partial charge in [-0.15, -0.1) is 0 Å². The molecule has 0 saturated heterocycles. The number of carbonyl (C=O) groups is 1. The third-order valence-corrected chi connectivity index (χ3v) is 1.92. The van der Waals surface area contributed by atoms with Crippen molar-refractivity contribution in [2.24, 2.45) is 5.11 Å². The van der Waals surface area contributed by atoms with Gasteiger partial charge in [0.25, 0.3) is 0 Å². The van der Waals surface area contributed by atoms with Crippen molar-refractivity contribution < 1.29 is 26.7 Å². The second-order valence-corrected chi connectivity index (χ2v) is 3.13. The standard InChI is InChI=1S/C9H4F5N3O/c10-8(11,12)6-3-1-5(2-4-6)7(18)9(13,14)16-17-15/h1-4H. The fourth-order valence-corrected chi connectivity index (χ4v) is 1.09. The van der Waals surface area contributed by atoms with Gasteiger partial charge in [-0.05, 0) is 22.8 Å². The maximum atomic E-state index is 12.8. The van der Waals surface area contributed by atoms with Gasteiger partial charge in [-0.2, -0.15) is 22.0 Å². The number of nitrogens with zero attached hydrogens (tertiary/aromatic N) is 3. The summed E-state index contributed by atoms with van der Waals surface area (Å²) in [5, 5.41) is 1.98. The SMILES string of the molecule is [N-]=[N+]=NC(F)(F)C(=O)c1ccc(C(F)(F)F)cc1. The maximum Gasteiger partial charge on any atom is 0.416 e. The number of benzene rings is 1. The van der Waals surface area contributed by atoms with Crippen LogP contribution < -0.4 is 0 Å². The summed E-state index contributed by atoms with van der Waals surface area (Å²) in [6.07, 6.45) is -4.63.